The molecule has 0 amide bonds. The average Bonchev–Trinajstić information content (AvgIpc) is 2.57. The molecule has 0 radical (unpaired) electrons. The fourth-order valence-corrected chi connectivity index (χ4v) is 1.95. The normalized spacial score (nSPS) is 11.2. The summed E-state index contributed by atoms with van der Waals surface area (Å²) in [6.45, 7) is 1.49. The summed E-state index contributed by atoms with van der Waals surface area (Å²) in [5.74, 6) is -0.314. The number of ether oxygens (including phenoxy) is 2. The molecule has 7 nitrogen and oxygen atoms in total. The Kier molecular flexibility index (Phi) is 5.35. The van der Waals surface area contributed by atoms with Gasteiger partial charge in [0.25, 0.3) is 5.69 Å². The molecule has 2 rings (SSSR count). The van der Waals surface area contributed by atoms with E-state index in [0.29, 0.717) is 11.3 Å². The standard InChI is InChI=1S/C16H11ClN2O5/c1-10(23-13-5-2-11(9-18)3-6-13)16(20)24-15-7-4-12(19(21)22)8-14(15)17/h2-8,10H,1H3. The summed E-state index contributed by atoms with van der Waals surface area (Å²) in [7, 11) is 0. The quantitative estimate of drug-likeness (QED) is 0.355. The number of nitro groups is 1. The molecule has 0 aliphatic heterocycles. The number of non-ortho nitro benzene ring substituents is 1. The van der Waals surface area contributed by atoms with E-state index in [9.17, 15) is 14.9 Å². The number of hydrogen-bond acceptors (Lipinski definition) is 6. The van der Waals surface area contributed by atoms with E-state index in [2.05, 4.69) is 0 Å². The van der Waals surface area contributed by atoms with E-state index in [-0.39, 0.29) is 16.5 Å². The number of rotatable bonds is 5. The summed E-state index contributed by atoms with van der Waals surface area (Å²) >= 11 is 5.86. The summed E-state index contributed by atoms with van der Waals surface area (Å²) in [6, 6.07) is 11.7. The summed E-state index contributed by atoms with van der Waals surface area (Å²) in [6.07, 6.45) is -0.941. The smallest absolute Gasteiger partial charge is 0.352 e. The Morgan fingerprint density at radius 2 is 1.96 bits per heavy atom. The Bertz CT molecular complexity index is 814. The van der Waals surface area contributed by atoms with Crippen LogP contribution >= 0.6 is 11.6 Å². The third-order valence-corrected chi connectivity index (χ3v) is 3.26. The van der Waals surface area contributed by atoms with Crippen molar-refractivity contribution < 1.29 is 19.2 Å². The predicted octanol–water partition coefficient (Wildman–Crippen LogP) is 3.49. The number of hydrogen-bond donors (Lipinski definition) is 0. The molecule has 122 valence electrons. The molecule has 0 bridgehead atoms. The highest BCUT2D eigenvalue weighted by molar-refractivity contribution is 6.32. The predicted molar refractivity (Wildman–Crippen MR) is 85.0 cm³/mol. The Morgan fingerprint density at radius 3 is 2.50 bits per heavy atom. The molecule has 1 atom stereocenters. The van der Waals surface area contributed by atoms with Gasteiger partial charge in [0.05, 0.1) is 21.6 Å². The Labute approximate surface area is 142 Å². The van der Waals surface area contributed by atoms with E-state index in [1.165, 1.54) is 19.1 Å². The van der Waals surface area contributed by atoms with Gasteiger partial charge in [0.2, 0.25) is 0 Å². The van der Waals surface area contributed by atoms with Crippen LogP contribution in [0, 0.1) is 21.4 Å². The first-order valence-corrected chi connectivity index (χ1v) is 7.11. The minimum atomic E-state index is -0.941. The Morgan fingerprint density at radius 1 is 1.29 bits per heavy atom. The van der Waals surface area contributed by atoms with E-state index in [4.69, 9.17) is 26.3 Å². The van der Waals surface area contributed by atoms with Crippen LogP contribution in [0.15, 0.2) is 42.5 Å². The van der Waals surface area contributed by atoms with E-state index >= 15 is 0 Å². The lowest BCUT2D eigenvalue weighted by Gasteiger charge is -2.14. The van der Waals surface area contributed by atoms with Gasteiger partial charge in [0.15, 0.2) is 6.10 Å². The van der Waals surface area contributed by atoms with E-state index < -0.39 is 17.0 Å². The van der Waals surface area contributed by atoms with Crippen LogP contribution in [0.3, 0.4) is 0 Å². The van der Waals surface area contributed by atoms with Crippen molar-refractivity contribution in [3.63, 3.8) is 0 Å². The lowest BCUT2D eigenvalue weighted by Crippen LogP contribution is -2.28. The molecule has 1 unspecified atom stereocenters. The monoisotopic (exact) mass is 346 g/mol. The van der Waals surface area contributed by atoms with Gasteiger partial charge in [-0.2, -0.15) is 5.26 Å². The lowest BCUT2D eigenvalue weighted by atomic mass is 10.2. The largest absolute Gasteiger partial charge is 0.479 e. The average molecular weight is 347 g/mol. The molecule has 0 aliphatic carbocycles. The fourth-order valence-electron chi connectivity index (χ4n) is 1.74. The number of carbonyl (C=O) groups is 1. The van der Waals surface area contributed by atoms with Gasteiger partial charge >= 0.3 is 5.97 Å². The van der Waals surface area contributed by atoms with Gasteiger partial charge in [-0.15, -0.1) is 0 Å². The zero-order chi connectivity index (χ0) is 17.7. The molecule has 2 aromatic carbocycles. The first-order valence-electron chi connectivity index (χ1n) is 6.73. The summed E-state index contributed by atoms with van der Waals surface area (Å²) in [4.78, 5) is 22.1. The molecule has 24 heavy (non-hydrogen) atoms. The molecule has 0 heterocycles. The molecule has 0 aliphatic rings. The number of carbonyl (C=O) groups excluding carboxylic acids is 1. The van der Waals surface area contributed by atoms with Gasteiger partial charge in [-0.05, 0) is 37.3 Å². The van der Waals surface area contributed by atoms with E-state index in [1.54, 1.807) is 24.3 Å². The van der Waals surface area contributed by atoms with Crippen molar-refractivity contribution >= 4 is 23.3 Å². The van der Waals surface area contributed by atoms with Crippen LogP contribution in [0.4, 0.5) is 5.69 Å². The number of nitrogens with zero attached hydrogens (tertiary/aromatic N) is 2. The van der Waals surface area contributed by atoms with Crippen LogP contribution in [0.1, 0.15) is 12.5 Å². The van der Waals surface area contributed by atoms with Crippen LogP contribution in [0.25, 0.3) is 0 Å². The maximum atomic E-state index is 12.0. The minimum Gasteiger partial charge on any atom is -0.479 e. The van der Waals surface area contributed by atoms with Gasteiger partial charge in [-0.1, -0.05) is 11.6 Å². The molecule has 0 saturated carbocycles. The number of esters is 1. The molecule has 0 spiro atoms. The highest BCUT2D eigenvalue weighted by Gasteiger charge is 2.20. The molecule has 8 heteroatoms. The first-order chi connectivity index (χ1) is 11.4. The van der Waals surface area contributed by atoms with E-state index in [1.807, 2.05) is 6.07 Å². The maximum Gasteiger partial charge on any atom is 0.352 e. The summed E-state index contributed by atoms with van der Waals surface area (Å²) in [5.41, 5.74) is 0.261. The molecule has 0 N–H and O–H groups in total. The van der Waals surface area contributed by atoms with Crippen molar-refractivity contribution in [3.05, 3.63) is 63.2 Å². The van der Waals surface area contributed by atoms with Gasteiger partial charge in [-0.3, -0.25) is 10.1 Å². The zero-order valence-electron chi connectivity index (χ0n) is 12.4. The maximum absolute atomic E-state index is 12.0. The number of benzene rings is 2. The van der Waals surface area contributed by atoms with Crippen molar-refractivity contribution in [2.75, 3.05) is 0 Å². The minimum absolute atomic E-state index is 0.00236. The van der Waals surface area contributed by atoms with Crippen LogP contribution in [0.2, 0.25) is 5.02 Å². The second-order valence-electron chi connectivity index (χ2n) is 4.69. The van der Waals surface area contributed by atoms with Gasteiger partial charge < -0.3 is 9.47 Å². The second-order valence-corrected chi connectivity index (χ2v) is 5.10. The SMILES string of the molecule is CC(Oc1ccc(C#N)cc1)C(=O)Oc1ccc([N+](=O)[O-])cc1Cl. The van der Waals surface area contributed by atoms with E-state index in [0.717, 1.165) is 6.07 Å². The van der Waals surface area contributed by atoms with Gasteiger partial charge in [-0.25, -0.2) is 4.79 Å². The fraction of sp³-hybridized carbons (Fsp3) is 0.125. The Hall–Kier alpha value is -3.11. The second kappa shape index (κ2) is 7.44. The Balaban J connectivity index is 2.03. The zero-order valence-corrected chi connectivity index (χ0v) is 13.2. The molecule has 0 fully saturated rings. The van der Waals surface area contributed by atoms with Crippen LogP contribution in [-0.2, 0) is 4.79 Å². The first kappa shape index (κ1) is 17.2. The number of nitriles is 1. The lowest BCUT2D eigenvalue weighted by molar-refractivity contribution is -0.384. The number of nitro benzene ring substituents is 1. The third kappa shape index (κ3) is 4.21. The highest BCUT2D eigenvalue weighted by Crippen LogP contribution is 2.29. The van der Waals surface area contributed by atoms with Crippen molar-refractivity contribution in [1.29, 1.82) is 5.26 Å². The van der Waals surface area contributed by atoms with Crippen molar-refractivity contribution in [3.8, 4) is 17.6 Å². The summed E-state index contributed by atoms with van der Waals surface area (Å²) < 4.78 is 10.5. The van der Waals surface area contributed by atoms with Crippen LogP contribution < -0.4 is 9.47 Å². The van der Waals surface area contributed by atoms with Crippen molar-refractivity contribution in [1.82, 2.24) is 0 Å². The molecular formula is C16H11ClN2O5. The highest BCUT2D eigenvalue weighted by atomic mass is 35.5. The van der Waals surface area contributed by atoms with Crippen LogP contribution in [-0.4, -0.2) is 17.0 Å². The third-order valence-electron chi connectivity index (χ3n) is 2.97. The molecular weight excluding hydrogens is 336 g/mol. The van der Waals surface area contributed by atoms with Crippen molar-refractivity contribution in [2.45, 2.75) is 13.0 Å². The molecule has 2 aromatic rings. The summed E-state index contributed by atoms with van der Waals surface area (Å²) in [5, 5.41) is 19.3. The molecule has 0 saturated heterocycles. The number of halogens is 1. The van der Waals surface area contributed by atoms with Crippen molar-refractivity contribution in [2.24, 2.45) is 0 Å². The topological polar surface area (TPSA) is 102 Å². The van der Waals surface area contributed by atoms with Crippen LogP contribution in [0.5, 0.6) is 11.5 Å². The van der Waals surface area contributed by atoms with Gasteiger partial charge in [0.1, 0.15) is 11.5 Å². The molecule has 0 aromatic heterocycles. The van der Waals surface area contributed by atoms with Gasteiger partial charge in [0, 0.05) is 12.1 Å².